The van der Waals surface area contributed by atoms with E-state index in [-0.39, 0.29) is 37.1 Å². The summed E-state index contributed by atoms with van der Waals surface area (Å²) in [6.07, 6.45) is 1.36. The number of aromatic nitrogens is 1. The number of aliphatic hydroxyl groups is 1. The van der Waals surface area contributed by atoms with Crippen LogP contribution in [0.3, 0.4) is 0 Å². The van der Waals surface area contributed by atoms with Crippen molar-refractivity contribution in [3.05, 3.63) is 70.6 Å². The van der Waals surface area contributed by atoms with Crippen molar-refractivity contribution in [3.63, 3.8) is 0 Å². The number of amides is 2. The summed E-state index contributed by atoms with van der Waals surface area (Å²) in [6, 6.07) is 11.6. The SMILES string of the molecule is CN(CCOC(=O)Nc1cc2c(CO)cccc2cn1)C(=O)CCc1cccc(F)c1Cl. The summed E-state index contributed by atoms with van der Waals surface area (Å²) in [5.41, 5.74) is 1.29. The lowest BCUT2D eigenvalue weighted by Crippen LogP contribution is -2.31. The first-order valence-electron chi connectivity index (χ1n) is 9.98. The number of carbonyl (C=O) groups is 2. The third kappa shape index (κ3) is 5.93. The van der Waals surface area contributed by atoms with E-state index in [2.05, 4.69) is 10.3 Å². The summed E-state index contributed by atoms with van der Waals surface area (Å²) in [6.45, 7) is 0.0598. The highest BCUT2D eigenvalue weighted by molar-refractivity contribution is 6.31. The second-order valence-electron chi connectivity index (χ2n) is 7.16. The van der Waals surface area contributed by atoms with E-state index in [4.69, 9.17) is 16.3 Å². The molecule has 2 amide bonds. The molecule has 9 heteroatoms. The van der Waals surface area contributed by atoms with Crippen LogP contribution in [0.25, 0.3) is 10.8 Å². The minimum Gasteiger partial charge on any atom is -0.447 e. The Kier molecular flexibility index (Phi) is 7.97. The third-order valence-corrected chi connectivity index (χ3v) is 5.40. The third-order valence-electron chi connectivity index (χ3n) is 4.98. The van der Waals surface area contributed by atoms with E-state index in [0.29, 0.717) is 17.8 Å². The molecule has 1 aromatic heterocycles. The van der Waals surface area contributed by atoms with Gasteiger partial charge in [-0.05, 0) is 35.1 Å². The number of carbonyl (C=O) groups excluding carboxylic acids is 2. The minimum absolute atomic E-state index is 0.00966. The molecular formula is C23H23ClFN3O4. The average molecular weight is 460 g/mol. The predicted octanol–water partition coefficient (Wildman–Crippen LogP) is 4.16. The Morgan fingerprint density at radius 1 is 1.22 bits per heavy atom. The van der Waals surface area contributed by atoms with Crippen LogP contribution in [0.5, 0.6) is 0 Å². The Balaban J connectivity index is 1.45. The molecule has 0 aliphatic carbocycles. The summed E-state index contributed by atoms with van der Waals surface area (Å²) in [5, 5.41) is 13.6. The number of halogens is 2. The summed E-state index contributed by atoms with van der Waals surface area (Å²) >= 11 is 5.91. The number of nitrogens with one attached hydrogen (secondary N) is 1. The summed E-state index contributed by atoms with van der Waals surface area (Å²) < 4.78 is 18.6. The van der Waals surface area contributed by atoms with Crippen molar-refractivity contribution in [1.29, 1.82) is 0 Å². The fourth-order valence-electron chi connectivity index (χ4n) is 3.16. The number of fused-ring (bicyclic) bond motifs is 1. The maximum absolute atomic E-state index is 13.5. The number of hydrogen-bond donors (Lipinski definition) is 2. The average Bonchev–Trinajstić information content (AvgIpc) is 2.79. The topological polar surface area (TPSA) is 91.8 Å². The van der Waals surface area contributed by atoms with Gasteiger partial charge < -0.3 is 14.7 Å². The quantitative estimate of drug-likeness (QED) is 0.527. The molecule has 0 bridgehead atoms. The summed E-state index contributed by atoms with van der Waals surface area (Å²) in [4.78, 5) is 29.9. The first-order valence-corrected chi connectivity index (χ1v) is 10.4. The molecule has 0 unspecified atom stereocenters. The zero-order valence-electron chi connectivity index (χ0n) is 17.5. The van der Waals surface area contributed by atoms with Gasteiger partial charge in [0.15, 0.2) is 0 Å². The maximum Gasteiger partial charge on any atom is 0.412 e. The van der Waals surface area contributed by atoms with Gasteiger partial charge in [0.25, 0.3) is 0 Å². The van der Waals surface area contributed by atoms with Gasteiger partial charge in [0.2, 0.25) is 5.91 Å². The van der Waals surface area contributed by atoms with Crippen molar-refractivity contribution in [1.82, 2.24) is 9.88 Å². The molecule has 0 spiro atoms. The number of benzene rings is 2. The van der Waals surface area contributed by atoms with Gasteiger partial charge in [0, 0.05) is 25.1 Å². The van der Waals surface area contributed by atoms with Gasteiger partial charge in [-0.25, -0.2) is 14.2 Å². The molecule has 0 atom stereocenters. The van der Waals surface area contributed by atoms with E-state index < -0.39 is 11.9 Å². The van der Waals surface area contributed by atoms with E-state index in [9.17, 15) is 19.1 Å². The van der Waals surface area contributed by atoms with Gasteiger partial charge >= 0.3 is 6.09 Å². The molecule has 2 N–H and O–H groups in total. The fourth-order valence-corrected chi connectivity index (χ4v) is 3.38. The van der Waals surface area contributed by atoms with E-state index in [1.165, 1.54) is 11.0 Å². The van der Waals surface area contributed by atoms with Crippen LogP contribution in [-0.2, 0) is 22.6 Å². The van der Waals surface area contributed by atoms with E-state index in [1.807, 2.05) is 12.1 Å². The number of nitrogens with zero attached hydrogens (tertiary/aromatic N) is 2. The highest BCUT2D eigenvalue weighted by atomic mass is 35.5. The predicted molar refractivity (Wildman–Crippen MR) is 120 cm³/mol. The van der Waals surface area contributed by atoms with E-state index in [0.717, 1.165) is 16.3 Å². The zero-order valence-corrected chi connectivity index (χ0v) is 18.2. The summed E-state index contributed by atoms with van der Waals surface area (Å²) in [5.74, 6) is -0.403. The molecule has 7 nitrogen and oxygen atoms in total. The molecule has 3 rings (SSSR count). The van der Waals surface area contributed by atoms with Crippen LogP contribution >= 0.6 is 11.6 Å². The molecule has 0 fully saturated rings. The van der Waals surface area contributed by atoms with Crippen LogP contribution in [0.2, 0.25) is 5.02 Å². The second-order valence-corrected chi connectivity index (χ2v) is 7.53. The highest BCUT2D eigenvalue weighted by Gasteiger charge is 2.13. The van der Waals surface area contributed by atoms with Crippen LogP contribution in [0.4, 0.5) is 15.0 Å². The normalized spacial score (nSPS) is 10.8. The molecule has 32 heavy (non-hydrogen) atoms. The number of anilines is 1. The molecule has 0 aliphatic rings. The molecule has 2 aromatic carbocycles. The van der Waals surface area contributed by atoms with Crippen molar-refractivity contribution < 1.29 is 23.8 Å². The van der Waals surface area contributed by atoms with Crippen LogP contribution in [0, 0.1) is 5.82 Å². The van der Waals surface area contributed by atoms with Crippen molar-refractivity contribution >= 4 is 40.2 Å². The Hall–Kier alpha value is -3.23. The second kappa shape index (κ2) is 10.9. The smallest absolute Gasteiger partial charge is 0.412 e. The Morgan fingerprint density at radius 3 is 2.75 bits per heavy atom. The van der Waals surface area contributed by atoms with Gasteiger partial charge in [-0.15, -0.1) is 0 Å². The van der Waals surface area contributed by atoms with Gasteiger partial charge in [-0.3, -0.25) is 10.1 Å². The van der Waals surface area contributed by atoms with Crippen LogP contribution in [0.15, 0.2) is 48.7 Å². The Morgan fingerprint density at radius 2 is 1.97 bits per heavy atom. The van der Waals surface area contributed by atoms with Gasteiger partial charge in [0.05, 0.1) is 18.2 Å². The molecule has 0 saturated carbocycles. The lowest BCUT2D eigenvalue weighted by Gasteiger charge is -2.17. The number of pyridine rings is 1. The summed E-state index contributed by atoms with van der Waals surface area (Å²) in [7, 11) is 1.60. The molecule has 1 heterocycles. The molecule has 3 aromatic rings. The van der Waals surface area contributed by atoms with Gasteiger partial charge in [0.1, 0.15) is 18.2 Å². The van der Waals surface area contributed by atoms with E-state index >= 15 is 0 Å². The molecule has 168 valence electrons. The molecular weight excluding hydrogens is 437 g/mol. The Labute approximate surface area is 189 Å². The largest absolute Gasteiger partial charge is 0.447 e. The lowest BCUT2D eigenvalue weighted by atomic mass is 10.1. The van der Waals surface area contributed by atoms with Crippen molar-refractivity contribution in [2.24, 2.45) is 0 Å². The number of hydrogen-bond acceptors (Lipinski definition) is 5. The Bertz CT molecular complexity index is 1130. The van der Waals surface area contributed by atoms with Gasteiger partial charge in [-0.2, -0.15) is 0 Å². The number of rotatable bonds is 8. The van der Waals surface area contributed by atoms with Crippen LogP contribution in [0.1, 0.15) is 17.5 Å². The van der Waals surface area contributed by atoms with Gasteiger partial charge in [-0.1, -0.05) is 41.9 Å². The number of ether oxygens (including phenoxy) is 1. The molecule has 0 radical (unpaired) electrons. The number of aliphatic hydroxyl groups excluding tert-OH is 1. The standard InChI is InChI=1S/C23H23ClFN3O4/c1-28(21(30)9-8-15-4-3-7-19(25)22(15)24)10-11-32-23(31)27-20-12-18-16(13-26-20)5-2-6-17(18)14-29/h2-7,12-13,29H,8-11,14H2,1H3,(H,26,27,31). The molecule has 0 saturated heterocycles. The first kappa shape index (κ1) is 23.4. The lowest BCUT2D eigenvalue weighted by molar-refractivity contribution is -0.130. The zero-order chi connectivity index (χ0) is 23.1. The number of likely N-dealkylation sites (N-methyl/N-ethyl adjacent to an activating group) is 1. The molecule has 0 aliphatic heterocycles. The minimum atomic E-state index is -0.703. The van der Waals surface area contributed by atoms with Crippen molar-refractivity contribution in [3.8, 4) is 0 Å². The number of aryl methyl sites for hydroxylation is 1. The maximum atomic E-state index is 13.5. The van der Waals surface area contributed by atoms with Crippen LogP contribution in [-0.4, -0.2) is 47.2 Å². The first-order chi connectivity index (χ1) is 15.4. The highest BCUT2D eigenvalue weighted by Crippen LogP contribution is 2.22. The fraction of sp³-hybridized carbons (Fsp3) is 0.261. The van der Waals surface area contributed by atoms with E-state index in [1.54, 1.807) is 37.5 Å². The van der Waals surface area contributed by atoms with Crippen LogP contribution < -0.4 is 5.32 Å². The van der Waals surface area contributed by atoms with Crippen molar-refractivity contribution in [2.75, 3.05) is 25.5 Å². The van der Waals surface area contributed by atoms with Crippen molar-refractivity contribution in [2.45, 2.75) is 19.4 Å². The monoisotopic (exact) mass is 459 g/mol.